The molecule has 2 aromatic carbocycles. The SMILES string of the molecule is CCCC(=O)OC(CC=C(C)C)c1cc(OC(C)=O)c2c(OC(C)=O)ccc(OC(C)=O)c2c1OC(C)=O. The van der Waals surface area contributed by atoms with Crippen LogP contribution in [0.4, 0.5) is 0 Å². The van der Waals surface area contributed by atoms with Gasteiger partial charge in [-0.2, -0.15) is 0 Å². The molecule has 0 aliphatic rings. The summed E-state index contributed by atoms with van der Waals surface area (Å²) in [5.41, 5.74) is 1.12. The van der Waals surface area contributed by atoms with E-state index in [4.69, 9.17) is 23.7 Å². The maximum Gasteiger partial charge on any atom is 0.308 e. The van der Waals surface area contributed by atoms with Gasteiger partial charge in [-0.15, -0.1) is 0 Å². The summed E-state index contributed by atoms with van der Waals surface area (Å²) >= 11 is 0. The van der Waals surface area contributed by atoms with Crippen LogP contribution >= 0.6 is 0 Å². The van der Waals surface area contributed by atoms with Gasteiger partial charge < -0.3 is 23.7 Å². The Labute approximate surface area is 220 Å². The van der Waals surface area contributed by atoms with Crippen LogP contribution in [0, 0.1) is 0 Å². The fraction of sp³-hybridized carbons (Fsp3) is 0.393. The van der Waals surface area contributed by atoms with Crippen molar-refractivity contribution in [2.24, 2.45) is 0 Å². The second kappa shape index (κ2) is 13.4. The summed E-state index contributed by atoms with van der Waals surface area (Å²) in [5.74, 6) is -3.56. The molecular formula is C28H32O10. The molecule has 2 rings (SSSR count). The maximum absolute atomic E-state index is 12.6. The molecule has 0 heterocycles. The first-order chi connectivity index (χ1) is 17.8. The van der Waals surface area contributed by atoms with Crippen molar-refractivity contribution >= 4 is 40.6 Å². The van der Waals surface area contributed by atoms with Gasteiger partial charge in [-0.05, 0) is 38.5 Å². The van der Waals surface area contributed by atoms with Gasteiger partial charge in [-0.25, -0.2) is 0 Å². The zero-order valence-electron chi connectivity index (χ0n) is 22.6. The van der Waals surface area contributed by atoms with E-state index in [2.05, 4.69) is 0 Å². The number of hydrogen-bond acceptors (Lipinski definition) is 10. The number of carbonyl (C=O) groups excluding carboxylic acids is 5. The first-order valence-electron chi connectivity index (χ1n) is 12.0. The molecule has 0 saturated heterocycles. The van der Waals surface area contributed by atoms with Gasteiger partial charge in [0.2, 0.25) is 0 Å². The average molecular weight is 529 g/mol. The second-order valence-electron chi connectivity index (χ2n) is 8.73. The van der Waals surface area contributed by atoms with Crippen molar-refractivity contribution in [3.63, 3.8) is 0 Å². The van der Waals surface area contributed by atoms with Crippen LogP contribution in [0.3, 0.4) is 0 Å². The summed E-state index contributed by atoms with van der Waals surface area (Å²) in [6.45, 7) is 10.3. The Balaban J connectivity index is 3.10. The molecule has 0 N–H and O–H groups in total. The Hall–Kier alpha value is -4.21. The van der Waals surface area contributed by atoms with E-state index in [1.54, 1.807) is 0 Å². The van der Waals surface area contributed by atoms with Crippen molar-refractivity contribution in [3.05, 3.63) is 35.4 Å². The lowest BCUT2D eigenvalue weighted by Crippen LogP contribution is -2.15. The number of rotatable bonds is 10. The van der Waals surface area contributed by atoms with Crippen LogP contribution in [-0.4, -0.2) is 29.8 Å². The normalized spacial score (nSPS) is 11.2. The molecule has 0 amide bonds. The quantitative estimate of drug-likeness (QED) is 0.228. The van der Waals surface area contributed by atoms with Gasteiger partial charge in [0, 0.05) is 46.1 Å². The lowest BCUT2D eigenvalue weighted by atomic mass is 9.96. The highest BCUT2D eigenvalue weighted by Crippen LogP contribution is 2.49. The van der Waals surface area contributed by atoms with E-state index in [1.165, 1.54) is 45.9 Å². The van der Waals surface area contributed by atoms with Crippen molar-refractivity contribution in [2.45, 2.75) is 73.8 Å². The van der Waals surface area contributed by atoms with E-state index in [0.717, 1.165) is 5.57 Å². The highest BCUT2D eigenvalue weighted by atomic mass is 16.6. The zero-order valence-corrected chi connectivity index (χ0v) is 22.6. The molecule has 204 valence electrons. The molecular weight excluding hydrogens is 496 g/mol. The van der Waals surface area contributed by atoms with E-state index >= 15 is 0 Å². The third kappa shape index (κ3) is 8.16. The van der Waals surface area contributed by atoms with Crippen LogP contribution in [0.15, 0.2) is 29.8 Å². The zero-order chi connectivity index (χ0) is 28.6. The molecule has 0 fully saturated rings. The summed E-state index contributed by atoms with van der Waals surface area (Å²) in [6.07, 6.45) is 1.75. The summed E-state index contributed by atoms with van der Waals surface area (Å²) in [5, 5.41) is 0.0478. The van der Waals surface area contributed by atoms with E-state index in [-0.39, 0.29) is 52.2 Å². The van der Waals surface area contributed by atoms with Gasteiger partial charge in [0.25, 0.3) is 0 Å². The smallest absolute Gasteiger partial charge is 0.308 e. The number of fused-ring (bicyclic) bond motifs is 1. The topological polar surface area (TPSA) is 132 Å². The highest BCUT2D eigenvalue weighted by molar-refractivity contribution is 6.06. The number of carbonyl (C=O) groups is 5. The lowest BCUT2D eigenvalue weighted by molar-refractivity contribution is -0.149. The summed E-state index contributed by atoms with van der Waals surface area (Å²) in [7, 11) is 0. The highest BCUT2D eigenvalue weighted by Gasteiger charge is 2.29. The lowest BCUT2D eigenvalue weighted by Gasteiger charge is -2.24. The minimum Gasteiger partial charge on any atom is -0.457 e. The van der Waals surface area contributed by atoms with Crippen LogP contribution < -0.4 is 18.9 Å². The van der Waals surface area contributed by atoms with Crippen molar-refractivity contribution in [3.8, 4) is 23.0 Å². The minimum atomic E-state index is -0.973. The number of ether oxygens (including phenoxy) is 5. The van der Waals surface area contributed by atoms with Crippen molar-refractivity contribution in [1.82, 2.24) is 0 Å². The van der Waals surface area contributed by atoms with Gasteiger partial charge in [0.15, 0.2) is 0 Å². The Morgan fingerprint density at radius 2 is 1.24 bits per heavy atom. The predicted octanol–water partition coefficient (Wildman–Crippen LogP) is 5.28. The standard InChI is InChI=1S/C28H32O10/c1-8-9-25(33)38-21(11-10-15(2)3)20-14-24(36-18(6)31)26-22(34-16(4)29)12-13-23(35-17(5)30)27(26)28(20)37-19(7)32/h10,12-14,21H,8-9,11H2,1-7H3. The minimum absolute atomic E-state index is 0.0108. The summed E-state index contributed by atoms with van der Waals surface area (Å²) in [6, 6.07) is 4.09. The summed E-state index contributed by atoms with van der Waals surface area (Å²) < 4.78 is 27.6. The van der Waals surface area contributed by atoms with E-state index in [9.17, 15) is 24.0 Å². The van der Waals surface area contributed by atoms with Crippen molar-refractivity contribution < 1.29 is 47.7 Å². The van der Waals surface area contributed by atoms with Crippen LogP contribution in [-0.2, 0) is 28.7 Å². The van der Waals surface area contributed by atoms with Gasteiger partial charge >= 0.3 is 29.8 Å². The number of esters is 5. The van der Waals surface area contributed by atoms with E-state index < -0.39 is 36.0 Å². The number of benzene rings is 2. The Kier molecular flexibility index (Phi) is 10.6. The van der Waals surface area contributed by atoms with Crippen LogP contribution in [0.1, 0.15) is 79.4 Å². The van der Waals surface area contributed by atoms with Gasteiger partial charge in [-0.3, -0.25) is 24.0 Å². The monoisotopic (exact) mass is 528 g/mol. The fourth-order valence-electron chi connectivity index (χ4n) is 3.67. The second-order valence-corrected chi connectivity index (χ2v) is 8.73. The molecule has 0 saturated carbocycles. The van der Waals surface area contributed by atoms with Gasteiger partial charge in [0.1, 0.15) is 29.1 Å². The summed E-state index contributed by atoms with van der Waals surface area (Å²) in [4.78, 5) is 60.7. The molecule has 2 aromatic rings. The van der Waals surface area contributed by atoms with Crippen LogP contribution in [0.5, 0.6) is 23.0 Å². The van der Waals surface area contributed by atoms with E-state index in [0.29, 0.717) is 6.42 Å². The molecule has 0 bridgehead atoms. The van der Waals surface area contributed by atoms with E-state index in [1.807, 2.05) is 26.8 Å². The predicted molar refractivity (Wildman–Crippen MR) is 137 cm³/mol. The molecule has 0 spiro atoms. The molecule has 38 heavy (non-hydrogen) atoms. The molecule has 0 aromatic heterocycles. The molecule has 1 unspecified atom stereocenters. The Bertz CT molecular complexity index is 1280. The Morgan fingerprint density at radius 1 is 0.737 bits per heavy atom. The third-order valence-electron chi connectivity index (χ3n) is 4.97. The first kappa shape index (κ1) is 30.0. The molecule has 0 aliphatic carbocycles. The molecule has 10 nitrogen and oxygen atoms in total. The van der Waals surface area contributed by atoms with Crippen LogP contribution in [0.25, 0.3) is 10.8 Å². The first-order valence-corrected chi connectivity index (χ1v) is 12.0. The maximum atomic E-state index is 12.6. The van der Waals surface area contributed by atoms with Crippen molar-refractivity contribution in [1.29, 1.82) is 0 Å². The third-order valence-corrected chi connectivity index (χ3v) is 4.97. The number of allylic oxidation sites excluding steroid dienone is 1. The largest absolute Gasteiger partial charge is 0.457 e. The molecule has 1 atom stereocenters. The average Bonchev–Trinajstić information content (AvgIpc) is 2.78. The Morgan fingerprint density at radius 3 is 1.71 bits per heavy atom. The van der Waals surface area contributed by atoms with Gasteiger partial charge in [0.05, 0.1) is 10.8 Å². The van der Waals surface area contributed by atoms with Crippen molar-refractivity contribution in [2.75, 3.05) is 0 Å². The molecule has 0 aliphatic heterocycles. The molecule has 0 radical (unpaired) electrons. The van der Waals surface area contributed by atoms with Gasteiger partial charge in [-0.1, -0.05) is 18.6 Å². The number of hydrogen-bond donors (Lipinski definition) is 0. The van der Waals surface area contributed by atoms with Crippen LogP contribution in [0.2, 0.25) is 0 Å². The molecule has 10 heteroatoms. The fourth-order valence-corrected chi connectivity index (χ4v) is 3.67.